The molecular weight excluding hydrogens is 240 g/mol. The molecule has 1 rings (SSSR count). The highest BCUT2D eigenvalue weighted by Crippen LogP contribution is 2.08. The van der Waals surface area contributed by atoms with E-state index in [1.165, 1.54) is 0 Å². The summed E-state index contributed by atoms with van der Waals surface area (Å²) in [7, 11) is 0. The molecule has 0 saturated heterocycles. The number of rotatable bonds is 4. The van der Waals surface area contributed by atoms with Crippen LogP contribution < -0.4 is 0 Å². The van der Waals surface area contributed by atoms with E-state index in [1.54, 1.807) is 6.92 Å². The maximum Gasteiger partial charge on any atom is 0.134 e. The summed E-state index contributed by atoms with van der Waals surface area (Å²) in [6, 6.07) is 8.03. The van der Waals surface area contributed by atoms with Crippen molar-refractivity contribution in [3.8, 4) is 0 Å². The van der Waals surface area contributed by atoms with Crippen LogP contribution in [-0.2, 0) is 11.2 Å². The number of carbonyl (C=O) groups is 1. The fraction of sp³-hybridized carbons (Fsp3) is 0.250. The summed E-state index contributed by atoms with van der Waals surface area (Å²) in [6.45, 7) is 1.61. The molecular formula is C12H13BrO. The topological polar surface area (TPSA) is 17.1 Å². The standard InChI is InChI=1S/C12H13BrO/c1-10(14)8-12-5-2-4-11(9-12)6-3-7-13/h2-6,9H,7-8H2,1H3. The van der Waals surface area contributed by atoms with Gasteiger partial charge in [-0.15, -0.1) is 0 Å². The third-order valence-electron chi connectivity index (χ3n) is 1.80. The average molecular weight is 253 g/mol. The van der Waals surface area contributed by atoms with Gasteiger partial charge in [-0.1, -0.05) is 52.3 Å². The maximum absolute atomic E-state index is 10.9. The van der Waals surface area contributed by atoms with Gasteiger partial charge < -0.3 is 0 Å². The lowest BCUT2D eigenvalue weighted by Gasteiger charge is -1.99. The second-order valence-electron chi connectivity index (χ2n) is 3.18. The van der Waals surface area contributed by atoms with Crippen LogP contribution in [0.4, 0.5) is 0 Å². The first kappa shape index (κ1) is 11.2. The molecule has 1 nitrogen and oxygen atoms in total. The van der Waals surface area contributed by atoms with Gasteiger partial charge in [0.2, 0.25) is 0 Å². The van der Waals surface area contributed by atoms with Crippen LogP contribution in [0.5, 0.6) is 0 Å². The summed E-state index contributed by atoms with van der Waals surface area (Å²) < 4.78 is 0. The van der Waals surface area contributed by atoms with Gasteiger partial charge in [-0.05, 0) is 18.1 Å². The van der Waals surface area contributed by atoms with Gasteiger partial charge in [-0.3, -0.25) is 4.79 Å². The SMILES string of the molecule is CC(=O)Cc1cccc(C=CCBr)c1. The normalized spacial score (nSPS) is 10.7. The molecule has 0 amide bonds. The van der Waals surface area contributed by atoms with E-state index in [-0.39, 0.29) is 5.78 Å². The molecule has 0 aliphatic carbocycles. The number of hydrogen-bond acceptors (Lipinski definition) is 1. The van der Waals surface area contributed by atoms with Crippen molar-refractivity contribution >= 4 is 27.8 Å². The molecule has 0 N–H and O–H groups in total. The molecule has 0 aromatic heterocycles. The minimum absolute atomic E-state index is 0.201. The molecule has 2 heteroatoms. The summed E-state index contributed by atoms with van der Waals surface area (Å²) >= 11 is 3.32. The number of hydrogen-bond donors (Lipinski definition) is 0. The molecule has 0 bridgehead atoms. The third kappa shape index (κ3) is 3.88. The van der Waals surface area contributed by atoms with Crippen LogP contribution >= 0.6 is 15.9 Å². The van der Waals surface area contributed by atoms with Crippen molar-refractivity contribution in [2.45, 2.75) is 13.3 Å². The Labute approximate surface area is 93.0 Å². The molecule has 0 aliphatic heterocycles. The van der Waals surface area contributed by atoms with Crippen LogP contribution in [0.15, 0.2) is 30.3 Å². The highest BCUT2D eigenvalue weighted by Gasteiger charge is 1.97. The van der Waals surface area contributed by atoms with Gasteiger partial charge in [0.1, 0.15) is 5.78 Å². The zero-order valence-corrected chi connectivity index (χ0v) is 9.75. The Hall–Kier alpha value is -0.890. The molecule has 0 unspecified atom stereocenters. The Bertz CT molecular complexity index is 342. The number of Topliss-reactive ketones (excluding diaryl/α,β-unsaturated/α-hetero) is 1. The van der Waals surface area contributed by atoms with Crippen molar-refractivity contribution in [1.29, 1.82) is 0 Å². The zero-order valence-electron chi connectivity index (χ0n) is 8.16. The van der Waals surface area contributed by atoms with E-state index in [0.717, 1.165) is 16.5 Å². The monoisotopic (exact) mass is 252 g/mol. The second-order valence-corrected chi connectivity index (χ2v) is 3.83. The molecule has 1 aromatic carbocycles. The lowest BCUT2D eigenvalue weighted by molar-refractivity contribution is -0.116. The Morgan fingerprint density at radius 2 is 2.29 bits per heavy atom. The largest absolute Gasteiger partial charge is 0.300 e. The molecule has 0 spiro atoms. The van der Waals surface area contributed by atoms with Gasteiger partial charge >= 0.3 is 0 Å². The van der Waals surface area contributed by atoms with Crippen LogP contribution in [0, 0.1) is 0 Å². The van der Waals surface area contributed by atoms with Gasteiger partial charge in [0.25, 0.3) is 0 Å². The van der Waals surface area contributed by atoms with Gasteiger partial charge in [0.05, 0.1) is 0 Å². The minimum Gasteiger partial charge on any atom is -0.300 e. The molecule has 0 heterocycles. The lowest BCUT2D eigenvalue weighted by atomic mass is 10.1. The van der Waals surface area contributed by atoms with Crippen molar-refractivity contribution in [3.05, 3.63) is 41.5 Å². The number of carbonyl (C=O) groups excluding carboxylic acids is 1. The van der Waals surface area contributed by atoms with Crippen LogP contribution in [0.2, 0.25) is 0 Å². The molecule has 0 fully saturated rings. The summed E-state index contributed by atoms with van der Waals surface area (Å²) in [4.78, 5) is 10.9. The van der Waals surface area contributed by atoms with Crippen molar-refractivity contribution < 1.29 is 4.79 Å². The maximum atomic E-state index is 10.9. The average Bonchev–Trinajstić information content (AvgIpc) is 2.14. The van der Waals surface area contributed by atoms with Crippen LogP contribution in [0.1, 0.15) is 18.1 Å². The molecule has 0 aliphatic rings. The van der Waals surface area contributed by atoms with E-state index in [2.05, 4.69) is 15.9 Å². The summed E-state index contributed by atoms with van der Waals surface area (Å²) in [6.07, 6.45) is 4.60. The Balaban J connectivity index is 2.78. The van der Waals surface area contributed by atoms with E-state index in [4.69, 9.17) is 0 Å². The summed E-state index contributed by atoms with van der Waals surface area (Å²) in [5, 5.41) is 0.851. The highest BCUT2D eigenvalue weighted by atomic mass is 79.9. The van der Waals surface area contributed by atoms with Crippen LogP contribution in [0.3, 0.4) is 0 Å². The van der Waals surface area contributed by atoms with Gasteiger partial charge in [-0.25, -0.2) is 0 Å². The Morgan fingerprint density at radius 3 is 2.93 bits per heavy atom. The number of alkyl halides is 1. The number of halogens is 1. The van der Waals surface area contributed by atoms with Crippen LogP contribution in [-0.4, -0.2) is 11.1 Å². The summed E-state index contributed by atoms with van der Waals surface area (Å²) in [5.74, 6) is 0.201. The fourth-order valence-corrected chi connectivity index (χ4v) is 1.46. The lowest BCUT2D eigenvalue weighted by Crippen LogP contribution is -1.95. The van der Waals surface area contributed by atoms with Crippen LogP contribution in [0.25, 0.3) is 6.08 Å². The van der Waals surface area contributed by atoms with Crippen molar-refractivity contribution in [2.24, 2.45) is 0 Å². The first-order valence-corrected chi connectivity index (χ1v) is 5.65. The molecule has 14 heavy (non-hydrogen) atoms. The summed E-state index contributed by atoms with van der Waals surface area (Å²) in [5.41, 5.74) is 2.22. The Kier molecular flexibility index (Phi) is 4.60. The van der Waals surface area contributed by atoms with E-state index in [1.807, 2.05) is 36.4 Å². The predicted molar refractivity (Wildman–Crippen MR) is 63.7 cm³/mol. The molecule has 74 valence electrons. The molecule has 1 aromatic rings. The number of ketones is 1. The number of benzene rings is 1. The van der Waals surface area contributed by atoms with E-state index < -0.39 is 0 Å². The Morgan fingerprint density at radius 1 is 1.50 bits per heavy atom. The van der Waals surface area contributed by atoms with Gasteiger partial charge in [0.15, 0.2) is 0 Å². The van der Waals surface area contributed by atoms with Crippen molar-refractivity contribution in [2.75, 3.05) is 5.33 Å². The smallest absolute Gasteiger partial charge is 0.134 e. The molecule has 0 atom stereocenters. The number of allylic oxidation sites excluding steroid dienone is 1. The first-order chi connectivity index (χ1) is 6.72. The van der Waals surface area contributed by atoms with Gasteiger partial charge in [0, 0.05) is 11.8 Å². The second kappa shape index (κ2) is 5.76. The predicted octanol–water partition coefficient (Wildman–Crippen LogP) is 3.23. The third-order valence-corrected chi connectivity index (χ3v) is 2.18. The van der Waals surface area contributed by atoms with Crippen molar-refractivity contribution in [3.63, 3.8) is 0 Å². The van der Waals surface area contributed by atoms with E-state index in [9.17, 15) is 4.79 Å². The zero-order chi connectivity index (χ0) is 10.4. The minimum atomic E-state index is 0.201. The van der Waals surface area contributed by atoms with Crippen molar-refractivity contribution in [1.82, 2.24) is 0 Å². The molecule has 0 saturated carbocycles. The fourth-order valence-electron chi connectivity index (χ4n) is 1.27. The quantitative estimate of drug-likeness (QED) is 0.753. The van der Waals surface area contributed by atoms with Gasteiger partial charge in [-0.2, -0.15) is 0 Å². The first-order valence-electron chi connectivity index (χ1n) is 4.53. The molecule has 0 radical (unpaired) electrons. The van der Waals surface area contributed by atoms with E-state index in [0.29, 0.717) is 6.42 Å². The highest BCUT2D eigenvalue weighted by molar-refractivity contribution is 9.09. The van der Waals surface area contributed by atoms with E-state index >= 15 is 0 Å².